The van der Waals surface area contributed by atoms with E-state index in [0.29, 0.717) is 19.3 Å². The monoisotopic (exact) mass is 546 g/mol. The molecule has 3 aromatic rings. The minimum atomic E-state index is -0.845. The summed E-state index contributed by atoms with van der Waals surface area (Å²) in [4.78, 5) is 14.6. The van der Waals surface area contributed by atoms with E-state index in [-0.39, 0.29) is 34.9 Å². The highest BCUT2D eigenvalue weighted by Crippen LogP contribution is 2.44. The molecule has 0 bridgehead atoms. The second-order valence-electron chi connectivity index (χ2n) is 11.5. The number of esters is 1. The molecule has 1 aliphatic heterocycles. The number of hydrogen-bond acceptors (Lipinski definition) is 6. The Morgan fingerprint density at radius 3 is 2.10 bits per heavy atom. The third-order valence-corrected chi connectivity index (χ3v) is 8.56. The van der Waals surface area contributed by atoms with E-state index in [0.717, 1.165) is 39.1 Å². The molecule has 1 atom stereocenters. The van der Waals surface area contributed by atoms with E-state index in [1.807, 2.05) is 49.4 Å². The first-order valence-corrected chi connectivity index (χ1v) is 14.2. The molecule has 3 N–H and O–H groups in total. The molecular formula is C33H38O5S. The SMILES string of the molecule is Cc1cc(SC2=C(O)CC(CCc3ccccc3)(CCc3ccc(O)cc3)OC2=O)c(C(C)(C)C)cc1CO. The summed E-state index contributed by atoms with van der Waals surface area (Å²) in [7, 11) is 0. The lowest BCUT2D eigenvalue weighted by atomic mass is 9.84. The highest BCUT2D eigenvalue weighted by molar-refractivity contribution is 8.04. The molecule has 39 heavy (non-hydrogen) atoms. The summed E-state index contributed by atoms with van der Waals surface area (Å²) >= 11 is 1.24. The standard InChI is InChI=1S/C33H38O5S/c1-22-18-29(27(32(2,3)4)19-25(22)21-34)39-30-28(36)20-33(38-31(30)37,16-14-23-8-6-5-7-9-23)17-15-24-10-12-26(35)13-11-24/h5-13,18-19,34-36H,14-17,20-21H2,1-4H3. The van der Waals surface area contributed by atoms with E-state index in [1.165, 1.54) is 11.8 Å². The molecule has 0 amide bonds. The summed E-state index contributed by atoms with van der Waals surface area (Å²) < 4.78 is 6.23. The topological polar surface area (TPSA) is 87.0 Å². The molecule has 0 spiro atoms. The highest BCUT2D eigenvalue weighted by Gasteiger charge is 2.42. The lowest BCUT2D eigenvalue weighted by molar-refractivity contribution is -0.159. The summed E-state index contributed by atoms with van der Waals surface area (Å²) in [5, 5.41) is 30.8. The van der Waals surface area contributed by atoms with Crippen LogP contribution in [0, 0.1) is 6.92 Å². The van der Waals surface area contributed by atoms with Gasteiger partial charge in [-0.05, 0) is 84.0 Å². The van der Waals surface area contributed by atoms with Gasteiger partial charge in [-0.25, -0.2) is 4.79 Å². The van der Waals surface area contributed by atoms with Crippen LogP contribution in [-0.2, 0) is 34.4 Å². The van der Waals surface area contributed by atoms with E-state index in [1.54, 1.807) is 12.1 Å². The van der Waals surface area contributed by atoms with Gasteiger partial charge in [-0.15, -0.1) is 0 Å². The summed E-state index contributed by atoms with van der Waals surface area (Å²) in [6.45, 7) is 8.16. The molecule has 0 saturated heterocycles. The van der Waals surface area contributed by atoms with Crippen LogP contribution in [0.15, 0.2) is 82.3 Å². The first-order chi connectivity index (χ1) is 18.5. The number of phenols is 1. The second kappa shape index (κ2) is 11.9. The van der Waals surface area contributed by atoms with Crippen molar-refractivity contribution in [1.29, 1.82) is 0 Å². The average molecular weight is 547 g/mol. The van der Waals surface area contributed by atoms with Crippen molar-refractivity contribution in [3.63, 3.8) is 0 Å². The Labute approximate surface area is 235 Å². The maximum atomic E-state index is 13.5. The third kappa shape index (κ3) is 7.06. The zero-order chi connectivity index (χ0) is 28.2. The molecule has 0 aliphatic carbocycles. The highest BCUT2D eigenvalue weighted by atomic mass is 32.2. The number of aryl methyl sites for hydroxylation is 3. The average Bonchev–Trinajstić information content (AvgIpc) is 2.89. The van der Waals surface area contributed by atoms with Crippen LogP contribution < -0.4 is 0 Å². The van der Waals surface area contributed by atoms with Gasteiger partial charge < -0.3 is 20.1 Å². The normalized spacial score (nSPS) is 17.8. The van der Waals surface area contributed by atoms with Gasteiger partial charge in [-0.1, -0.05) is 81.1 Å². The van der Waals surface area contributed by atoms with Crippen LogP contribution in [0.3, 0.4) is 0 Å². The maximum absolute atomic E-state index is 13.5. The number of phenolic OH excluding ortho intramolecular Hbond substituents is 1. The number of ether oxygens (including phenoxy) is 1. The van der Waals surface area contributed by atoms with Crippen molar-refractivity contribution in [3.05, 3.63) is 105 Å². The Morgan fingerprint density at radius 1 is 0.923 bits per heavy atom. The molecule has 5 nitrogen and oxygen atoms in total. The number of thioether (sulfide) groups is 1. The fourth-order valence-electron chi connectivity index (χ4n) is 5.02. The molecular weight excluding hydrogens is 508 g/mol. The number of aliphatic hydroxyl groups excluding tert-OH is 2. The first kappa shape index (κ1) is 28.8. The molecule has 6 heteroatoms. The summed E-state index contributed by atoms with van der Waals surface area (Å²) in [6, 6.07) is 21.1. The fourth-order valence-corrected chi connectivity index (χ4v) is 6.26. The number of carbonyl (C=O) groups is 1. The van der Waals surface area contributed by atoms with Crippen molar-refractivity contribution in [2.75, 3.05) is 0 Å². The number of cyclic esters (lactones) is 1. The Kier molecular flexibility index (Phi) is 8.77. The van der Waals surface area contributed by atoms with E-state index < -0.39 is 11.6 Å². The van der Waals surface area contributed by atoms with E-state index in [2.05, 4.69) is 32.9 Å². The molecule has 1 heterocycles. The predicted molar refractivity (Wildman–Crippen MR) is 156 cm³/mol. The zero-order valence-corrected chi connectivity index (χ0v) is 24.0. The Balaban J connectivity index is 1.63. The van der Waals surface area contributed by atoms with Crippen LogP contribution in [0.25, 0.3) is 0 Å². The number of aromatic hydroxyl groups is 1. The van der Waals surface area contributed by atoms with Gasteiger partial charge in [0.1, 0.15) is 22.0 Å². The molecule has 0 fully saturated rings. The number of hydrogen-bond donors (Lipinski definition) is 3. The summed E-state index contributed by atoms with van der Waals surface area (Å²) in [5.41, 5.74) is 3.90. The van der Waals surface area contributed by atoms with Crippen molar-refractivity contribution in [2.45, 2.75) is 82.3 Å². The van der Waals surface area contributed by atoms with Crippen LogP contribution in [0.2, 0.25) is 0 Å². The van der Waals surface area contributed by atoms with Gasteiger partial charge in [0.15, 0.2) is 0 Å². The van der Waals surface area contributed by atoms with Gasteiger partial charge in [-0.2, -0.15) is 0 Å². The first-order valence-electron chi connectivity index (χ1n) is 13.4. The molecule has 3 aromatic carbocycles. The van der Waals surface area contributed by atoms with Gasteiger partial charge in [0.05, 0.1) is 6.61 Å². The quantitative estimate of drug-likeness (QED) is 0.244. The molecule has 0 saturated carbocycles. The van der Waals surface area contributed by atoms with Gasteiger partial charge in [0.25, 0.3) is 0 Å². The van der Waals surface area contributed by atoms with Crippen LogP contribution in [0.4, 0.5) is 0 Å². The summed E-state index contributed by atoms with van der Waals surface area (Å²) in [5.74, 6) is -0.245. The molecule has 206 valence electrons. The van der Waals surface area contributed by atoms with Crippen molar-refractivity contribution in [2.24, 2.45) is 0 Å². The predicted octanol–water partition coefficient (Wildman–Crippen LogP) is 7.30. The van der Waals surface area contributed by atoms with Crippen molar-refractivity contribution in [1.82, 2.24) is 0 Å². The Bertz CT molecular complexity index is 1340. The lowest BCUT2D eigenvalue weighted by Gasteiger charge is -2.37. The van der Waals surface area contributed by atoms with Gasteiger partial charge >= 0.3 is 5.97 Å². The van der Waals surface area contributed by atoms with E-state index in [4.69, 9.17) is 4.74 Å². The van der Waals surface area contributed by atoms with Crippen molar-refractivity contribution < 1.29 is 24.9 Å². The number of benzene rings is 3. The molecule has 1 unspecified atom stereocenters. The molecule has 0 aromatic heterocycles. The Hall–Kier alpha value is -3.22. The molecule has 1 aliphatic rings. The van der Waals surface area contributed by atoms with Crippen molar-refractivity contribution in [3.8, 4) is 5.75 Å². The fraction of sp³-hybridized carbons (Fsp3) is 0.364. The lowest BCUT2D eigenvalue weighted by Crippen LogP contribution is -2.41. The molecule has 0 radical (unpaired) electrons. The number of carbonyl (C=O) groups excluding carboxylic acids is 1. The Morgan fingerprint density at radius 2 is 1.54 bits per heavy atom. The van der Waals surface area contributed by atoms with E-state index >= 15 is 0 Å². The van der Waals surface area contributed by atoms with E-state index in [9.17, 15) is 20.1 Å². The minimum absolute atomic E-state index is 0.0544. The number of rotatable bonds is 9. The van der Waals surface area contributed by atoms with Crippen molar-refractivity contribution >= 4 is 17.7 Å². The van der Waals surface area contributed by atoms with Gasteiger partial charge in [0.2, 0.25) is 0 Å². The minimum Gasteiger partial charge on any atom is -0.511 e. The van der Waals surface area contributed by atoms with Crippen LogP contribution in [0.1, 0.15) is 67.9 Å². The smallest absolute Gasteiger partial charge is 0.349 e. The van der Waals surface area contributed by atoms with Crippen LogP contribution in [-0.4, -0.2) is 26.9 Å². The largest absolute Gasteiger partial charge is 0.511 e. The van der Waals surface area contributed by atoms with Crippen LogP contribution in [0.5, 0.6) is 5.75 Å². The second-order valence-corrected chi connectivity index (χ2v) is 12.5. The maximum Gasteiger partial charge on any atom is 0.349 e. The van der Waals surface area contributed by atoms with Gasteiger partial charge in [0, 0.05) is 11.3 Å². The van der Waals surface area contributed by atoms with Crippen LogP contribution >= 0.6 is 11.8 Å². The zero-order valence-electron chi connectivity index (χ0n) is 23.2. The third-order valence-electron chi connectivity index (χ3n) is 7.39. The number of aliphatic hydroxyl groups is 2. The van der Waals surface area contributed by atoms with Gasteiger partial charge in [-0.3, -0.25) is 0 Å². The molecule has 4 rings (SSSR count). The summed E-state index contributed by atoms with van der Waals surface area (Å²) in [6.07, 6.45) is 2.74.